The quantitative estimate of drug-likeness (QED) is 0.387. The summed E-state index contributed by atoms with van der Waals surface area (Å²) in [4.78, 5) is 16.9. The molecule has 0 fully saturated rings. The largest absolute Gasteiger partial charge is 0.320 e. The maximum atomic E-state index is 13.8. The van der Waals surface area contributed by atoms with E-state index in [1.165, 1.54) is 0 Å². The zero-order valence-corrected chi connectivity index (χ0v) is 20.3. The van der Waals surface area contributed by atoms with Crippen LogP contribution in [0.2, 0.25) is 0 Å². The summed E-state index contributed by atoms with van der Waals surface area (Å²) in [6, 6.07) is 30.9. The number of hydrogen-bond acceptors (Lipinski definition) is 2. The van der Waals surface area contributed by atoms with E-state index in [2.05, 4.69) is 67.4 Å². The van der Waals surface area contributed by atoms with Gasteiger partial charge in [0, 0.05) is 21.4 Å². The molecule has 0 atom stereocenters. The number of rotatable bonds is 4. The van der Waals surface area contributed by atoms with Crippen molar-refractivity contribution in [1.82, 2.24) is 14.8 Å². The van der Waals surface area contributed by atoms with Crippen LogP contribution in [0, 0.1) is 5.41 Å². The molecule has 4 heteroatoms. The van der Waals surface area contributed by atoms with Gasteiger partial charge in [0.25, 0.3) is 5.56 Å². The van der Waals surface area contributed by atoms with Gasteiger partial charge in [0.05, 0.1) is 6.20 Å². The third kappa shape index (κ3) is 3.37. The SMILES string of the molecule is CC1(C)C=CC=c2[nH]c(=O)c3c(cnn3C(c3ccccc3)(c3ccccc3)c3ccccc3)c2=C1. The van der Waals surface area contributed by atoms with Gasteiger partial charge in [-0.25, -0.2) is 4.68 Å². The number of aromatic nitrogens is 3. The number of allylic oxidation sites excluding steroid dienone is 2. The van der Waals surface area contributed by atoms with Crippen molar-refractivity contribution in [2.45, 2.75) is 19.4 Å². The summed E-state index contributed by atoms with van der Waals surface area (Å²) in [7, 11) is 0. The van der Waals surface area contributed by atoms with Gasteiger partial charge in [0.1, 0.15) is 11.1 Å². The number of fused-ring (bicyclic) bond motifs is 3. The molecule has 176 valence electrons. The first-order valence-corrected chi connectivity index (χ1v) is 12.2. The summed E-state index contributed by atoms with van der Waals surface area (Å²) in [6.07, 6.45) is 10.2. The molecule has 0 amide bonds. The molecular formula is C32H27N3O. The van der Waals surface area contributed by atoms with Crippen LogP contribution in [0.4, 0.5) is 0 Å². The molecule has 0 aliphatic heterocycles. The number of pyridine rings is 1. The van der Waals surface area contributed by atoms with E-state index in [-0.39, 0.29) is 11.0 Å². The zero-order chi connectivity index (χ0) is 24.8. The molecule has 2 aromatic heterocycles. The minimum Gasteiger partial charge on any atom is -0.320 e. The summed E-state index contributed by atoms with van der Waals surface area (Å²) in [5, 5.41) is 7.63. The van der Waals surface area contributed by atoms with Gasteiger partial charge in [-0.2, -0.15) is 5.10 Å². The molecule has 1 aliphatic carbocycles. The first-order valence-electron chi connectivity index (χ1n) is 12.2. The number of H-pyrrole nitrogens is 1. The van der Waals surface area contributed by atoms with Gasteiger partial charge in [0.2, 0.25) is 0 Å². The first kappa shape index (κ1) is 22.1. The molecule has 2 heterocycles. The fourth-order valence-electron chi connectivity index (χ4n) is 5.42. The fourth-order valence-corrected chi connectivity index (χ4v) is 5.42. The minimum absolute atomic E-state index is 0.161. The van der Waals surface area contributed by atoms with Crippen molar-refractivity contribution in [1.29, 1.82) is 0 Å². The van der Waals surface area contributed by atoms with Crippen LogP contribution in [0.5, 0.6) is 0 Å². The van der Waals surface area contributed by atoms with Crippen LogP contribution in [0.1, 0.15) is 30.5 Å². The second-order valence-electron chi connectivity index (χ2n) is 9.90. The summed E-state index contributed by atoms with van der Waals surface area (Å²) < 4.78 is 1.92. The van der Waals surface area contributed by atoms with Gasteiger partial charge < -0.3 is 4.98 Å². The van der Waals surface area contributed by atoms with Crippen LogP contribution >= 0.6 is 0 Å². The zero-order valence-electron chi connectivity index (χ0n) is 20.3. The van der Waals surface area contributed by atoms with Gasteiger partial charge in [-0.15, -0.1) is 0 Å². The van der Waals surface area contributed by atoms with E-state index in [1.54, 1.807) is 0 Å². The molecular weight excluding hydrogens is 442 g/mol. The Balaban J connectivity index is 1.82. The predicted octanol–water partition coefficient (Wildman–Crippen LogP) is 4.72. The third-order valence-electron chi connectivity index (χ3n) is 7.01. The number of nitrogens with one attached hydrogen (secondary N) is 1. The summed E-state index contributed by atoms with van der Waals surface area (Å²) in [6.45, 7) is 4.33. The first-order chi connectivity index (χ1) is 17.5. The second-order valence-corrected chi connectivity index (χ2v) is 9.90. The Morgan fingerprint density at radius 1 is 0.806 bits per heavy atom. The van der Waals surface area contributed by atoms with Crippen LogP contribution < -0.4 is 16.1 Å². The molecule has 0 unspecified atom stereocenters. The highest BCUT2D eigenvalue weighted by atomic mass is 16.1. The van der Waals surface area contributed by atoms with Crippen LogP contribution in [-0.4, -0.2) is 14.8 Å². The van der Waals surface area contributed by atoms with E-state index in [4.69, 9.17) is 5.10 Å². The Morgan fingerprint density at radius 2 is 1.33 bits per heavy atom. The van der Waals surface area contributed by atoms with Gasteiger partial charge >= 0.3 is 0 Å². The highest BCUT2D eigenvalue weighted by molar-refractivity contribution is 5.81. The van der Waals surface area contributed by atoms with Crippen molar-refractivity contribution in [2.24, 2.45) is 5.41 Å². The number of nitrogens with zero attached hydrogens (tertiary/aromatic N) is 2. The molecule has 36 heavy (non-hydrogen) atoms. The van der Waals surface area contributed by atoms with Crippen molar-refractivity contribution in [3.05, 3.63) is 147 Å². The van der Waals surface area contributed by atoms with Crippen LogP contribution in [0.25, 0.3) is 23.1 Å². The number of aromatic amines is 1. The van der Waals surface area contributed by atoms with E-state index in [1.807, 2.05) is 77.6 Å². The molecule has 4 nitrogen and oxygen atoms in total. The lowest BCUT2D eigenvalue weighted by Gasteiger charge is -2.36. The molecule has 1 N–H and O–H groups in total. The summed E-state index contributed by atoms with van der Waals surface area (Å²) >= 11 is 0. The molecule has 0 saturated carbocycles. The highest BCUT2D eigenvalue weighted by Gasteiger charge is 2.41. The van der Waals surface area contributed by atoms with Crippen molar-refractivity contribution in [3.63, 3.8) is 0 Å². The van der Waals surface area contributed by atoms with Crippen LogP contribution in [-0.2, 0) is 5.54 Å². The standard InChI is InChI=1S/C32H27N3O/c1-31(2)20-12-19-28-26(21-31)27-22-33-35(29(27)30(36)34-28)32(23-13-6-3-7-14-23,24-15-8-4-9-16-24)25-17-10-5-11-18-25/h3-22H,1-2H3,(H,34,36). The summed E-state index contributed by atoms with van der Waals surface area (Å²) in [5.74, 6) is 0. The van der Waals surface area contributed by atoms with Crippen molar-refractivity contribution >= 4 is 23.1 Å². The molecule has 1 aliphatic rings. The fraction of sp³-hybridized carbons (Fsp3) is 0.125. The van der Waals surface area contributed by atoms with Crippen molar-refractivity contribution < 1.29 is 0 Å². The van der Waals surface area contributed by atoms with E-state index in [9.17, 15) is 4.79 Å². The lowest BCUT2D eigenvalue weighted by atomic mass is 9.77. The highest BCUT2D eigenvalue weighted by Crippen LogP contribution is 2.41. The Hall–Kier alpha value is -4.44. The second kappa shape index (κ2) is 8.35. The molecule has 0 saturated heterocycles. The Kier molecular flexibility index (Phi) is 5.11. The lowest BCUT2D eigenvalue weighted by molar-refractivity contribution is 0.474. The molecule has 3 aromatic carbocycles. The van der Waals surface area contributed by atoms with Gasteiger partial charge in [-0.05, 0) is 22.8 Å². The maximum absolute atomic E-state index is 13.8. The van der Waals surface area contributed by atoms with Crippen LogP contribution in [0.3, 0.4) is 0 Å². The minimum atomic E-state index is -0.852. The Morgan fingerprint density at radius 3 is 1.86 bits per heavy atom. The Bertz CT molecular complexity index is 1660. The van der Waals surface area contributed by atoms with E-state index in [0.717, 1.165) is 32.6 Å². The van der Waals surface area contributed by atoms with E-state index < -0.39 is 5.54 Å². The number of benzene rings is 3. The number of hydrogen-bond donors (Lipinski definition) is 1. The summed E-state index contributed by atoms with van der Waals surface area (Å²) in [5.41, 5.74) is 2.45. The van der Waals surface area contributed by atoms with Gasteiger partial charge in [-0.1, -0.05) is 123 Å². The van der Waals surface area contributed by atoms with E-state index >= 15 is 0 Å². The predicted molar refractivity (Wildman–Crippen MR) is 146 cm³/mol. The smallest absolute Gasteiger partial charge is 0.274 e. The third-order valence-corrected chi connectivity index (χ3v) is 7.01. The van der Waals surface area contributed by atoms with Crippen molar-refractivity contribution in [2.75, 3.05) is 0 Å². The maximum Gasteiger partial charge on any atom is 0.274 e. The average molecular weight is 470 g/mol. The topological polar surface area (TPSA) is 50.7 Å². The molecule has 0 bridgehead atoms. The van der Waals surface area contributed by atoms with Crippen molar-refractivity contribution in [3.8, 4) is 0 Å². The van der Waals surface area contributed by atoms with Gasteiger partial charge in [-0.3, -0.25) is 4.79 Å². The van der Waals surface area contributed by atoms with Crippen LogP contribution in [0.15, 0.2) is 114 Å². The molecule has 0 spiro atoms. The molecule has 6 rings (SSSR count). The van der Waals surface area contributed by atoms with Gasteiger partial charge in [0.15, 0.2) is 0 Å². The monoisotopic (exact) mass is 469 g/mol. The normalized spacial score (nSPS) is 14.5. The molecule has 5 aromatic rings. The Labute approximate surface area is 209 Å². The molecule has 0 radical (unpaired) electrons. The van der Waals surface area contributed by atoms with E-state index in [0.29, 0.717) is 5.52 Å². The lowest BCUT2D eigenvalue weighted by Crippen LogP contribution is -2.42. The average Bonchev–Trinajstić information content (AvgIpc) is 3.28.